The molecule has 0 aliphatic carbocycles. The van der Waals surface area contributed by atoms with E-state index in [-0.39, 0.29) is 0 Å². The highest BCUT2D eigenvalue weighted by Gasteiger charge is 2.07. The lowest BCUT2D eigenvalue weighted by Gasteiger charge is -2.10. The van der Waals surface area contributed by atoms with Crippen LogP contribution < -0.4 is 10.1 Å². The average Bonchev–Trinajstić information content (AvgIpc) is 2.74. The van der Waals surface area contributed by atoms with Gasteiger partial charge in [-0.3, -0.25) is 0 Å². The summed E-state index contributed by atoms with van der Waals surface area (Å²) < 4.78 is 5.16. The van der Waals surface area contributed by atoms with Crippen LogP contribution in [0.15, 0.2) is 17.1 Å². The molecule has 0 fully saturated rings. The highest BCUT2D eigenvalue weighted by Crippen LogP contribution is 2.21. The number of nitrogens with one attached hydrogen (secondary N) is 1. The summed E-state index contributed by atoms with van der Waals surface area (Å²) in [5.74, 6) is 1.44. The summed E-state index contributed by atoms with van der Waals surface area (Å²) in [5.41, 5.74) is 3.54. The molecule has 5 heteroatoms. The third-order valence-corrected chi connectivity index (χ3v) is 3.55. The smallest absolute Gasteiger partial charge is 0.221 e. The molecule has 0 aromatic carbocycles. The molecule has 4 nitrogen and oxygen atoms in total. The maximum atomic E-state index is 5.16. The molecule has 0 aliphatic rings. The number of ether oxygens (including phenoxy) is 1. The van der Waals surface area contributed by atoms with Crippen LogP contribution in [-0.4, -0.2) is 17.1 Å². The molecular weight excluding hydrogens is 234 g/mol. The van der Waals surface area contributed by atoms with E-state index in [0.717, 1.165) is 17.9 Å². The number of thiophene rings is 1. The summed E-state index contributed by atoms with van der Waals surface area (Å²) in [6, 6.07) is 0. The Morgan fingerprint density at radius 2 is 2.12 bits per heavy atom. The van der Waals surface area contributed by atoms with E-state index in [4.69, 9.17) is 4.74 Å². The van der Waals surface area contributed by atoms with Gasteiger partial charge in [-0.1, -0.05) is 0 Å². The van der Waals surface area contributed by atoms with Crippen LogP contribution in [0.3, 0.4) is 0 Å². The Bertz CT molecular complexity index is 510. The van der Waals surface area contributed by atoms with Crippen molar-refractivity contribution in [3.05, 3.63) is 33.8 Å². The first-order chi connectivity index (χ1) is 8.22. The van der Waals surface area contributed by atoms with Crippen LogP contribution in [0.2, 0.25) is 0 Å². The third-order valence-electron chi connectivity index (χ3n) is 2.64. The number of nitrogens with zero attached hydrogens (tertiary/aromatic N) is 2. The summed E-state index contributed by atoms with van der Waals surface area (Å²) in [7, 11) is 1.61. The predicted octanol–water partition coefficient (Wildman–Crippen LogP) is 2.78. The van der Waals surface area contributed by atoms with Gasteiger partial charge in [0.25, 0.3) is 0 Å². The van der Waals surface area contributed by atoms with Crippen LogP contribution in [-0.2, 0) is 6.54 Å². The van der Waals surface area contributed by atoms with Crippen molar-refractivity contribution >= 4 is 17.2 Å². The Hall–Kier alpha value is -1.62. The van der Waals surface area contributed by atoms with Gasteiger partial charge in [0.2, 0.25) is 5.88 Å². The fourth-order valence-corrected chi connectivity index (χ4v) is 2.42. The highest BCUT2D eigenvalue weighted by molar-refractivity contribution is 7.08. The Morgan fingerprint density at radius 3 is 2.76 bits per heavy atom. The molecule has 0 saturated heterocycles. The molecule has 0 radical (unpaired) electrons. The van der Waals surface area contributed by atoms with Gasteiger partial charge in [0.05, 0.1) is 12.7 Å². The van der Waals surface area contributed by atoms with Gasteiger partial charge in [-0.05, 0) is 35.7 Å². The van der Waals surface area contributed by atoms with Gasteiger partial charge in [-0.2, -0.15) is 11.3 Å². The summed E-state index contributed by atoms with van der Waals surface area (Å²) in [6.07, 6.45) is 1.51. The van der Waals surface area contributed by atoms with E-state index >= 15 is 0 Å². The molecule has 2 rings (SSSR count). The molecule has 90 valence electrons. The Kier molecular flexibility index (Phi) is 3.58. The summed E-state index contributed by atoms with van der Waals surface area (Å²) >= 11 is 1.72. The van der Waals surface area contributed by atoms with Crippen molar-refractivity contribution in [2.75, 3.05) is 12.4 Å². The van der Waals surface area contributed by atoms with Crippen LogP contribution in [0.1, 0.15) is 16.7 Å². The van der Waals surface area contributed by atoms with Crippen LogP contribution in [0, 0.1) is 13.8 Å². The molecule has 0 amide bonds. The van der Waals surface area contributed by atoms with E-state index in [1.165, 1.54) is 17.5 Å². The average molecular weight is 249 g/mol. The zero-order valence-electron chi connectivity index (χ0n) is 10.2. The second kappa shape index (κ2) is 5.14. The molecule has 0 bridgehead atoms. The quantitative estimate of drug-likeness (QED) is 0.905. The second-order valence-corrected chi connectivity index (χ2v) is 4.53. The first-order valence-corrected chi connectivity index (χ1v) is 6.27. The molecule has 0 saturated carbocycles. The van der Waals surface area contributed by atoms with Crippen molar-refractivity contribution in [2.45, 2.75) is 20.4 Å². The number of rotatable bonds is 4. The van der Waals surface area contributed by atoms with Gasteiger partial charge in [0, 0.05) is 6.54 Å². The van der Waals surface area contributed by atoms with Crippen molar-refractivity contribution in [3.8, 4) is 5.88 Å². The normalized spacial score (nSPS) is 10.3. The number of hydrogen-bond donors (Lipinski definition) is 1. The van der Waals surface area contributed by atoms with E-state index in [0.29, 0.717) is 5.88 Å². The number of anilines is 1. The Morgan fingerprint density at radius 1 is 1.29 bits per heavy atom. The number of methoxy groups -OCH3 is 1. The minimum absolute atomic E-state index is 0.615. The molecular formula is C12H15N3OS. The fourth-order valence-electron chi connectivity index (χ4n) is 1.56. The van der Waals surface area contributed by atoms with Crippen LogP contribution in [0.5, 0.6) is 5.88 Å². The number of aryl methyl sites for hydroxylation is 1. The molecule has 1 N–H and O–H groups in total. The maximum absolute atomic E-state index is 5.16. The maximum Gasteiger partial charge on any atom is 0.221 e. The van der Waals surface area contributed by atoms with Crippen LogP contribution in [0.25, 0.3) is 0 Å². The fraction of sp³-hybridized carbons (Fsp3) is 0.333. The van der Waals surface area contributed by atoms with Crippen molar-refractivity contribution in [3.63, 3.8) is 0 Å². The molecule has 2 heterocycles. The second-order valence-electron chi connectivity index (χ2n) is 3.79. The first-order valence-electron chi connectivity index (χ1n) is 5.33. The van der Waals surface area contributed by atoms with Gasteiger partial charge < -0.3 is 10.1 Å². The Labute approximate surface area is 105 Å². The minimum atomic E-state index is 0.615. The van der Waals surface area contributed by atoms with Gasteiger partial charge >= 0.3 is 0 Å². The lowest BCUT2D eigenvalue weighted by molar-refractivity contribution is 0.393. The molecule has 17 heavy (non-hydrogen) atoms. The third kappa shape index (κ3) is 2.55. The molecule has 2 aromatic heterocycles. The molecule has 0 aliphatic heterocycles. The highest BCUT2D eigenvalue weighted by atomic mass is 32.1. The van der Waals surface area contributed by atoms with Crippen molar-refractivity contribution in [1.29, 1.82) is 0 Å². The monoisotopic (exact) mass is 249 g/mol. The number of aromatic nitrogens is 2. The van der Waals surface area contributed by atoms with E-state index in [1.807, 2.05) is 6.92 Å². The zero-order chi connectivity index (χ0) is 12.3. The van der Waals surface area contributed by atoms with E-state index in [1.54, 1.807) is 18.4 Å². The van der Waals surface area contributed by atoms with E-state index < -0.39 is 0 Å². The lowest BCUT2D eigenvalue weighted by atomic mass is 10.2. The van der Waals surface area contributed by atoms with Crippen molar-refractivity contribution in [1.82, 2.24) is 9.97 Å². The molecule has 0 unspecified atom stereocenters. The first kappa shape index (κ1) is 11.9. The minimum Gasteiger partial charge on any atom is -0.481 e. The predicted molar refractivity (Wildman–Crippen MR) is 69.7 cm³/mol. The van der Waals surface area contributed by atoms with Gasteiger partial charge in [0.1, 0.15) is 12.1 Å². The molecule has 0 spiro atoms. The van der Waals surface area contributed by atoms with E-state index in [2.05, 4.69) is 33.0 Å². The SMILES string of the molecule is COc1ncnc(NCc2cscc2C)c1C. The van der Waals surface area contributed by atoms with Crippen molar-refractivity contribution in [2.24, 2.45) is 0 Å². The van der Waals surface area contributed by atoms with Crippen LogP contribution >= 0.6 is 11.3 Å². The van der Waals surface area contributed by atoms with Crippen LogP contribution in [0.4, 0.5) is 5.82 Å². The van der Waals surface area contributed by atoms with Crippen molar-refractivity contribution < 1.29 is 4.74 Å². The standard InChI is InChI=1S/C12H15N3OS/c1-8-5-17-6-10(8)4-13-11-9(2)12(16-3)15-7-14-11/h5-7H,4H2,1-3H3,(H,13,14,15). The van der Waals surface area contributed by atoms with E-state index in [9.17, 15) is 0 Å². The topological polar surface area (TPSA) is 47.0 Å². The van der Waals surface area contributed by atoms with Gasteiger partial charge in [-0.25, -0.2) is 9.97 Å². The number of hydrogen-bond acceptors (Lipinski definition) is 5. The summed E-state index contributed by atoms with van der Waals surface area (Å²) in [4.78, 5) is 8.27. The summed E-state index contributed by atoms with van der Waals surface area (Å²) in [6.45, 7) is 4.83. The zero-order valence-corrected chi connectivity index (χ0v) is 11.0. The van der Waals surface area contributed by atoms with Gasteiger partial charge in [-0.15, -0.1) is 0 Å². The largest absolute Gasteiger partial charge is 0.481 e. The molecule has 2 aromatic rings. The molecule has 0 atom stereocenters. The summed E-state index contributed by atoms with van der Waals surface area (Å²) in [5, 5.41) is 7.60. The Balaban J connectivity index is 2.12. The lowest BCUT2D eigenvalue weighted by Crippen LogP contribution is -2.05. The van der Waals surface area contributed by atoms with Gasteiger partial charge in [0.15, 0.2) is 0 Å².